The summed E-state index contributed by atoms with van der Waals surface area (Å²) in [5, 5.41) is 18.4. The van der Waals surface area contributed by atoms with Crippen LogP contribution in [0.2, 0.25) is 0 Å². The Morgan fingerprint density at radius 1 is 1.04 bits per heavy atom. The molecule has 7 N–H and O–H groups in total. The number of piperidine rings is 1. The van der Waals surface area contributed by atoms with E-state index in [1.165, 1.54) is 38.2 Å². The van der Waals surface area contributed by atoms with Gasteiger partial charge in [0.15, 0.2) is 12.0 Å². The van der Waals surface area contributed by atoms with E-state index in [1.54, 1.807) is 41.3 Å². The van der Waals surface area contributed by atoms with E-state index in [2.05, 4.69) is 4.72 Å². The smallest absolute Gasteiger partial charge is 0.331 e. The van der Waals surface area contributed by atoms with Gasteiger partial charge in [0, 0.05) is 20.5 Å². The van der Waals surface area contributed by atoms with Crippen molar-refractivity contribution in [2.45, 2.75) is 49.3 Å². The van der Waals surface area contributed by atoms with Crippen LogP contribution in [0.5, 0.6) is 0 Å². The van der Waals surface area contributed by atoms with Gasteiger partial charge in [0.25, 0.3) is 0 Å². The van der Waals surface area contributed by atoms with Crippen molar-refractivity contribution in [3.8, 4) is 0 Å². The summed E-state index contributed by atoms with van der Waals surface area (Å²) in [5.41, 5.74) is 10.9. The third-order valence-electron chi connectivity index (χ3n) is 7.17. The van der Waals surface area contributed by atoms with Gasteiger partial charge in [-0.25, -0.2) is 13.2 Å². The number of nitrogens with zero attached hydrogens (tertiary/aromatic N) is 2. The van der Waals surface area contributed by atoms with E-state index in [0.717, 1.165) is 29.7 Å². The number of amides is 2. The number of carbonyl (C=O) groups excluding carboxylic acids is 3. The van der Waals surface area contributed by atoms with Gasteiger partial charge in [0.05, 0.1) is 17.9 Å². The summed E-state index contributed by atoms with van der Waals surface area (Å²) < 4.78 is 33.3. The summed E-state index contributed by atoms with van der Waals surface area (Å²) in [6.45, 7) is 2.73. The molecule has 0 bridgehead atoms. The number of likely N-dealkylation sites (N-methyl/N-ethyl adjacent to an activating group) is 1. The van der Waals surface area contributed by atoms with Gasteiger partial charge in [-0.1, -0.05) is 60.7 Å². The van der Waals surface area contributed by atoms with Crippen molar-refractivity contribution in [3.63, 3.8) is 0 Å². The molecule has 1 aliphatic rings. The number of primary amides is 1. The van der Waals surface area contributed by atoms with Crippen LogP contribution in [0.15, 0.2) is 77.7 Å². The number of ether oxygens (including phenoxy) is 1. The molecule has 0 radical (unpaired) electrons. The SMILES string of the molecule is CC(=O)O[C@H]1CCCN(C(=N)N)C1.CN(C(=O)[C@H](CC(N)=O)NS(=O)(=O)c1ccc2ccccc2c1)C(C(=O)O)c1ccccc1. The van der Waals surface area contributed by atoms with Gasteiger partial charge in [-0.3, -0.25) is 19.8 Å². The Kier molecular flexibility index (Phi) is 12.2. The molecule has 0 spiro atoms. The Morgan fingerprint density at radius 3 is 2.26 bits per heavy atom. The number of esters is 1. The summed E-state index contributed by atoms with van der Waals surface area (Å²) in [5.74, 6) is -3.36. The van der Waals surface area contributed by atoms with E-state index in [4.69, 9.17) is 21.6 Å². The van der Waals surface area contributed by atoms with E-state index in [1.807, 2.05) is 12.1 Å². The zero-order valence-corrected chi connectivity index (χ0v) is 26.3. The average Bonchev–Trinajstić information content (AvgIpc) is 3.00. The molecule has 1 unspecified atom stereocenters. The first-order chi connectivity index (χ1) is 21.7. The van der Waals surface area contributed by atoms with Gasteiger partial charge in [-0.05, 0) is 41.3 Å². The van der Waals surface area contributed by atoms with Gasteiger partial charge in [0.1, 0.15) is 12.1 Å². The molecule has 0 aliphatic carbocycles. The number of carboxylic acid groups (broad SMARTS) is 1. The van der Waals surface area contributed by atoms with Crippen LogP contribution in [-0.2, 0) is 33.9 Å². The monoisotopic (exact) mass is 654 g/mol. The molecule has 15 heteroatoms. The maximum Gasteiger partial charge on any atom is 0.331 e. The van der Waals surface area contributed by atoms with Crippen LogP contribution in [-0.4, -0.2) is 85.3 Å². The highest BCUT2D eigenvalue weighted by molar-refractivity contribution is 7.89. The van der Waals surface area contributed by atoms with Crippen LogP contribution in [0.1, 0.15) is 37.8 Å². The molecule has 3 atom stereocenters. The first kappa shape index (κ1) is 35.5. The van der Waals surface area contributed by atoms with E-state index in [-0.39, 0.29) is 22.9 Å². The van der Waals surface area contributed by atoms with Gasteiger partial charge >= 0.3 is 11.9 Å². The number of nitrogens with two attached hydrogens (primary N) is 2. The number of carbonyl (C=O) groups is 4. The fourth-order valence-corrected chi connectivity index (χ4v) is 6.22. The average molecular weight is 655 g/mol. The highest BCUT2D eigenvalue weighted by Gasteiger charge is 2.35. The maximum absolute atomic E-state index is 13.1. The Labute approximate surface area is 266 Å². The number of carboxylic acids is 1. The molecule has 3 aromatic rings. The Hall–Kier alpha value is -5.02. The van der Waals surface area contributed by atoms with E-state index in [0.29, 0.717) is 17.5 Å². The van der Waals surface area contributed by atoms with Crippen LogP contribution in [0.25, 0.3) is 10.8 Å². The normalized spacial score (nSPS) is 15.9. The molecule has 3 aromatic carbocycles. The number of benzene rings is 3. The predicted molar refractivity (Wildman–Crippen MR) is 170 cm³/mol. The molecule has 1 heterocycles. The fourth-order valence-electron chi connectivity index (χ4n) is 5.00. The third-order valence-corrected chi connectivity index (χ3v) is 8.64. The molecular weight excluding hydrogens is 616 g/mol. The molecule has 0 saturated carbocycles. The van der Waals surface area contributed by atoms with Gasteiger partial charge in [-0.2, -0.15) is 4.72 Å². The van der Waals surface area contributed by atoms with Crippen molar-refractivity contribution in [2.24, 2.45) is 11.5 Å². The minimum absolute atomic E-state index is 0.0526. The lowest BCUT2D eigenvalue weighted by Gasteiger charge is -2.32. The molecular formula is C31H38N6O8S. The standard InChI is InChI=1S/C23H23N3O6S.C8H15N3O2/c1-26(21(23(29)30)16-8-3-2-4-9-16)22(28)19(14-20(24)27)25-33(31,32)18-12-11-15-7-5-6-10-17(15)13-18;1-6(12)13-7-3-2-4-11(5-7)8(9)10/h2-13,19,21,25H,14H2,1H3,(H2,24,27)(H,29,30);7H,2-5H2,1H3,(H3,9,10)/t19-,21?;7-/m00/s1. The number of hydrogen-bond donors (Lipinski definition) is 5. The summed E-state index contributed by atoms with van der Waals surface area (Å²) in [4.78, 5) is 49.8. The second kappa shape index (κ2) is 15.8. The van der Waals surface area contributed by atoms with Gasteiger partial charge in [-0.15, -0.1) is 0 Å². The molecule has 0 aromatic heterocycles. The molecule has 14 nitrogen and oxygen atoms in total. The largest absolute Gasteiger partial charge is 0.479 e. The number of nitrogens with one attached hydrogen (secondary N) is 2. The predicted octanol–water partition coefficient (Wildman–Crippen LogP) is 1.55. The first-order valence-corrected chi connectivity index (χ1v) is 15.8. The molecule has 1 saturated heterocycles. The van der Waals surface area contributed by atoms with Crippen molar-refractivity contribution >= 4 is 50.5 Å². The van der Waals surface area contributed by atoms with E-state index < -0.39 is 46.3 Å². The van der Waals surface area contributed by atoms with Crippen molar-refractivity contribution < 1.29 is 37.4 Å². The molecule has 1 aliphatic heterocycles. The zero-order chi connectivity index (χ0) is 34.0. The Bertz CT molecular complexity index is 1680. The summed E-state index contributed by atoms with van der Waals surface area (Å²) >= 11 is 0. The number of guanidine groups is 1. The minimum Gasteiger partial charge on any atom is -0.479 e. The highest BCUT2D eigenvalue weighted by Crippen LogP contribution is 2.23. The van der Waals surface area contributed by atoms with Crippen molar-refractivity contribution in [2.75, 3.05) is 20.1 Å². The Balaban J connectivity index is 0.000000370. The number of sulfonamides is 1. The number of rotatable bonds is 10. The van der Waals surface area contributed by atoms with Crippen LogP contribution in [0.4, 0.5) is 0 Å². The van der Waals surface area contributed by atoms with Crippen molar-refractivity contribution in [3.05, 3.63) is 78.4 Å². The minimum atomic E-state index is -4.24. The lowest BCUT2D eigenvalue weighted by atomic mass is 10.0. The quantitative estimate of drug-likeness (QED) is 0.120. The van der Waals surface area contributed by atoms with Crippen LogP contribution in [0, 0.1) is 5.41 Å². The molecule has 4 rings (SSSR count). The summed E-state index contributed by atoms with van der Waals surface area (Å²) in [6.07, 6.45) is 1.04. The third kappa shape index (κ3) is 9.74. The highest BCUT2D eigenvalue weighted by atomic mass is 32.2. The zero-order valence-electron chi connectivity index (χ0n) is 25.5. The molecule has 46 heavy (non-hydrogen) atoms. The second-order valence-corrected chi connectivity index (χ2v) is 12.4. The number of likely N-dealkylation sites (tertiary alicyclic amines) is 1. The van der Waals surface area contributed by atoms with Gasteiger partial charge < -0.3 is 31.1 Å². The first-order valence-electron chi connectivity index (χ1n) is 14.3. The van der Waals surface area contributed by atoms with Crippen LogP contribution >= 0.6 is 0 Å². The van der Waals surface area contributed by atoms with E-state index >= 15 is 0 Å². The second-order valence-electron chi connectivity index (χ2n) is 10.7. The molecule has 1 fully saturated rings. The number of fused-ring (bicyclic) bond motifs is 1. The van der Waals surface area contributed by atoms with Crippen LogP contribution in [0.3, 0.4) is 0 Å². The lowest BCUT2D eigenvalue weighted by Crippen LogP contribution is -2.50. The number of hydrogen-bond acceptors (Lipinski definition) is 8. The van der Waals surface area contributed by atoms with Crippen molar-refractivity contribution in [1.82, 2.24) is 14.5 Å². The van der Waals surface area contributed by atoms with E-state index in [9.17, 15) is 32.7 Å². The number of aliphatic carboxylic acids is 1. The Morgan fingerprint density at radius 2 is 1.67 bits per heavy atom. The maximum atomic E-state index is 13.1. The summed E-state index contributed by atoms with van der Waals surface area (Å²) in [7, 11) is -3.01. The van der Waals surface area contributed by atoms with Crippen LogP contribution < -0.4 is 16.2 Å². The molecule has 2 amide bonds. The van der Waals surface area contributed by atoms with Crippen molar-refractivity contribution in [1.29, 1.82) is 5.41 Å². The lowest BCUT2D eigenvalue weighted by molar-refractivity contribution is -0.150. The molecule has 246 valence electrons. The van der Waals surface area contributed by atoms with Gasteiger partial charge in [0.2, 0.25) is 21.8 Å². The topological polar surface area (TPSA) is 226 Å². The fraction of sp³-hybridized carbons (Fsp3) is 0.323. The summed E-state index contributed by atoms with van der Waals surface area (Å²) in [6, 6.07) is 16.6.